The summed E-state index contributed by atoms with van der Waals surface area (Å²) in [5.74, 6) is 0. The van der Waals surface area contributed by atoms with Crippen LogP contribution in [0.5, 0.6) is 0 Å². The highest BCUT2D eigenvalue weighted by molar-refractivity contribution is 5.79. The molecule has 0 spiro atoms. The fourth-order valence-electron chi connectivity index (χ4n) is 2.05. The second-order valence-corrected chi connectivity index (χ2v) is 4.69. The van der Waals surface area contributed by atoms with Gasteiger partial charge in [-0.3, -0.25) is 0 Å². The number of hydrogen-bond donors (Lipinski definition) is 1. The molecule has 0 bridgehead atoms. The zero-order valence-electron chi connectivity index (χ0n) is 12.8. The number of methoxy groups -OCH3 is 1. The van der Waals surface area contributed by atoms with Crippen LogP contribution in [0.3, 0.4) is 0 Å². The van der Waals surface area contributed by atoms with Crippen molar-refractivity contribution in [1.29, 1.82) is 0 Å². The summed E-state index contributed by atoms with van der Waals surface area (Å²) in [5, 5.41) is 2.95. The van der Waals surface area contributed by atoms with Gasteiger partial charge in [-0.1, -0.05) is 31.4 Å². The van der Waals surface area contributed by atoms with Crippen molar-refractivity contribution in [3.63, 3.8) is 0 Å². The lowest BCUT2D eigenvalue weighted by Gasteiger charge is -2.18. The van der Waals surface area contributed by atoms with Gasteiger partial charge in [-0.15, -0.1) is 0 Å². The Hall–Kier alpha value is -2.01. The van der Waals surface area contributed by atoms with Crippen LogP contribution in [0.2, 0.25) is 0 Å². The van der Waals surface area contributed by atoms with Crippen molar-refractivity contribution in [1.82, 2.24) is 0 Å². The molecule has 0 aliphatic rings. The van der Waals surface area contributed by atoms with Gasteiger partial charge in [0.15, 0.2) is 0 Å². The molecule has 0 saturated carbocycles. The lowest BCUT2D eigenvalue weighted by Crippen LogP contribution is -2.13. The summed E-state index contributed by atoms with van der Waals surface area (Å²) < 4.78 is 44.9. The molecule has 0 amide bonds. The minimum atomic E-state index is -4.45. The predicted octanol–water partition coefficient (Wildman–Crippen LogP) is 4.83. The lowest BCUT2D eigenvalue weighted by molar-refractivity contribution is -0.137. The average molecular weight is 311 g/mol. The molecule has 22 heavy (non-hydrogen) atoms. The van der Waals surface area contributed by atoms with Crippen LogP contribution in [0.1, 0.15) is 16.7 Å². The smallest absolute Gasteiger partial charge is 0.383 e. The van der Waals surface area contributed by atoms with E-state index in [2.05, 4.69) is 18.5 Å². The van der Waals surface area contributed by atoms with Gasteiger partial charge in [-0.05, 0) is 35.8 Å². The maximum Gasteiger partial charge on any atom is 0.417 e. The maximum absolute atomic E-state index is 13.3. The molecule has 0 heterocycles. The quantitative estimate of drug-likeness (QED) is 0.575. The molecule has 0 atom stereocenters. The lowest BCUT2D eigenvalue weighted by atomic mass is 9.95. The molecule has 0 aliphatic carbocycles. The molecule has 0 fully saturated rings. The van der Waals surface area contributed by atoms with Gasteiger partial charge in [0.25, 0.3) is 0 Å². The van der Waals surface area contributed by atoms with E-state index in [4.69, 9.17) is 4.74 Å². The van der Waals surface area contributed by atoms with Crippen LogP contribution in [-0.4, -0.2) is 20.3 Å². The zero-order chi connectivity index (χ0) is 16.8. The van der Waals surface area contributed by atoms with Gasteiger partial charge in [0.05, 0.1) is 12.2 Å². The van der Waals surface area contributed by atoms with E-state index in [9.17, 15) is 13.2 Å². The fourth-order valence-corrected chi connectivity index (χ4v) is 2.05. The van der Waals surface area contributed by atoms with Crippen LogP contribution >= 0.6 is 0 Å². The summed E-state index contributed by atoms with van der Waals surface area (Å²) in [6.45, 7) is 9.71. The molecule has 5 heteroatoms. The van der Waals surface area contributed by atoms with Crippen LogP contribution < -0.4 is 5.32 Å². The molecule has 2 nitrogen and oxygen atoms in total. The van der Waals surface area contributed by atoms with E-state index in [1.54, 1.807) is 6.92 Å². The highest BCUT2D eigenvalue weighted by Crippen LogP contribution is 2.38. The molecule has 1 aromatic rings. The molecular weight excluding hydrogens is 291 g/mol. The predicted molar refractivity (Wildman–Crippen MR) is 84.9 cm³/mol. The molecule has 0 aromatic heterocycles. The minimum absolute atomic E-state index is 0.0946. The standard InChI is InChI=1S/C17H20F3NO/c1-5-7-13(6-2)14-10-12(3)16(21-8-9-22-4)11-15(14)17(18,19)20/h5-7,10-11,21H,1-2,8-9H2,3-4H3/b13-7+. The van der Waals surface area contributed by atoms with Crippen LogP contribution in [0.4, 0.5) is 18.9 Å². The second-order valence-electron chi connectivity index (χ2n) is 4.69. The van der Waals surface area contributed by atoms with Gasteiger partial charge in [-0.25, -0.2) is 0 Å². The van der Waals surface area contributed by atoms with E-state index in [0.29, 0.717) is 24.4 Å². The van der Waals surface area contributed by atoms with E-state index in [1.165, 1.54) is 31.4 Å². The van der Waals surface area contributed by atoms with Crippen LogP contribution in [-0.2, 0) is 10.9 Å². The van der Waals surface area contributed by atoms with Crippen molar-refractivity contribution in [3.05, 3.63) is 60.2 Å². The molecule has 1 rings (SSSR count). The number of anilines is 1. The third-order valence-corrected chi connectivity index (χ3v) is 3.12. The molecule has 0 radical (unpaired) electrons. The van der Waals surface area contributed by atoms with Gasteiger partial charge in [0, 0.05) is 19.3 Å². The summed E-state index contributed by atoms with van der Waals surface area (Å²) >= 11 is 0. The number of rotatable bonds is 7. The fraction of sp³-hybridized carbons (Fsp3) is 0.294. The molecule has 120 valence electrons. The van der Waals surface area contributed by atoms with E-state index >= 15 is 0 Å². The number of hydrogen-bond acceptors (Lipinski definition) is 2. The maximum atomic E-state index is 13.3. The van der Waals surface area contributed by atoms with E-state index < -0.39 is 11.7 Å². The van der Waals surface area contributed by atoms with Gasteiger partial charge in [-0.2, -0.15) is 13.2 Å². The number of halogens is 3. The number of aryl methyl sites for hydroxylation is 1. The van der Waals surface area contributed by atoms with Crippen molar-refractivity contribution in [2.75, 3.05) is 25.6 Å². The molecule has 1 aromatic carbocycles. The Balaban J connectivity index is 3.39. The molecular formula is C17H20F3NO. The Kier molecular flexibility index (Phi) is 6.43. The average Bonchev–Trinajstić information content (AvgIpc) is 2.45. The monoisotopic (exact) mass is 311 g/mol. The third kappa shape index (κ3) is 4.49. The number of allylic oxidation sites excluding steroid dienone is 4. The van der Waals surface area contributed by atoms with Gasteiger partial charge < -0.3 is 10.1 Å². The van der Waals surface area contributed by atoms with Crippen molar-refractivity contribution < 1.29 is 17.9 Å². The second kappa shape index (κ2) is 7.84. The summed E-state index contributed by atoms with van der Waals surface area (Å²) in [6, 6.07) is 2.63. The number of alkyl halides is 3. The number of nitrogens with one attached hydrogen (secondary N) is 1. The van der Waals surface area contributed by atoms with Crippen molar-refractivity contribution in [3.8, 4) is 0 Å². The summed E-state index contributed by atoms with van der Waals surface area (Å²) in [6.07, 6.45) is -0.111. The Labute approximate surface area is 129 Å². The van der Waals surface area contributed by atoms with Gasteiger partial charge in [0.1, 0.15) is 0 Å². The van der Waals surface area contributed by atoms with Gasteiger partial charge >= 0.3 is 6.18 Å². The van der Waals surface area contributed by atoms with E-state index in [-0.39, 0.29) is 5.56 Å². The summed E-state index contributed by atoms with van der Waals surface area (Å²) in [7, 11) is 1.54. The van der Waals surface area contributed by atoms with E-state index in [0.717, 1.165) is 11.6 Å². The molecule has 0 unspecified atom stereocenters. The molecule has 0 aliphatic heterocycles. The van der Waals surface area contributed by atoms with Gasteiger partial charge in [0.2, 0.25) is 0 Å². The highest BCUT2D eigenvalue weighted by atomic mass is 19.4. The van der Waals surface area contributed by atoms with E-state index in [1.807, 2.05) is 0 Å². The number of ether oxygens (including phenoxy) is 1. The third-order valence-electron chi connectivity index (χ3n) is 3.12. The SMILES string of the molecule is C=C/C=C(\C=C)c1cc(C)c(NCCOC)cc1C(F)(F)F. The Morgan fingerprint density at radius 2 is 2.00 bits per heavy atom. The van der Waals surface area contributed by atoms with Crippen LogP contribution in [0.15, 0.2) is 43.5 Å². The van der Waals surface area contributed by atoms with Crippen molar-refractivity contribution in [2.24, 2.45) is 0 Å². The zero-order valence-corrected chi connectivity index (χ0v) is 12.8. The Morgan fingerprint density at radius 3 is 2.50 bits per heavy atom. The summed E-state index contributed by atoms with van der Waals surface area (Å²) in [4.78, 5) is 0. The Morgan fingerprint density at radius 1 is 1.32 bits per heavy atom. The van der Waals surface area contributed by atoms with Crippen LogP contribution in [0, 0.1) is 6.92 Å². The first-order valence-electron chi connectivity index (χ1n) is 6.75. The molecule has 1 N–H and O–H groups in total. The topological polar surface area (TPSA) is 21.3 Å². The number of benzene rings is 1. The largest absolute Gasteiger partial charge is 0.417 e. The first-order chi connectivity index (χ1) is 10.3. The van der Waals surface area contributed by atoms with Crippen molar-refractivity contribution >= 4 is 11.3 Å². The minimum Gasteiger partial charge on any atom is -0.383 e. The highest BCUT2D eigenvalue weighted by Gasteiger charge is 2.34. The first-order valence-corrected chi connectivity index (χ1v) is 6.75. The van der Waals surface area contributed by atoms with Crippen LogP contribution in [0.25, 0.3) is 5.57 Å². The normalized spacial score (nSPS) is 12.1. The molecule has 0 saturated heterocycles. The Bertz CT molecular complexity index is 574. The summed E-state index contributed by atoms with van der Waals surface area (Å²) in [5.41, 5.74) is 0.933. The first kappa shape index (κ1) is 18.0. The van der Waals surface area contributed by atoms with Crippen molar-refractivity contribution in [2.45, 2.75) is 13.1 Å².